The quantitative estimate of drug-likeness (QED) is 0.606. The van der Waals surface area contributed by atoms with Crippen LogP contribution in [0.15, 0.2) is 60.0 Å². The monoisotopic (exact) mass is 440 g/mol. The summed E-state index contributed by atoms with van der Waals surface area (Å²) in [7, 11) is 0. The molecule has 8 heteroatoms. The second-order valence-electron chi connectivity index (χ2n) is 7.24. The third-order valence-corrected chi connectivity index (χ3v) is 5.98. The van der Waals surface area contributed by atoms with Gasteiger partial charge < -0.3 is 5.32 Å². The maximum atomic E-state index is 13.5. The van der Waals surface area contributed by atoms with Gasteiger partial charge in [0.25, 0.3) is 5.91 Å². The van der Waals surface area contributed by atoms with E-state index in [-0.39, 0.29) is 23.6 Å². The van der Waals surface area contributed by atoms with Gasteiger partial charge in [0.05, 0.1) is 0 Å². The van der Waals surface area contributed by atoms with Crippen LogP contribution in [-0.4, -0.2) is 27.4 Å². The second kappa shape index (κ2) is 9.36. The van der Waals surface area contributed by atoms with Gasteiger partial charge in [0.1, 0.15) is 6.04 Å². The zero-order valence-corrected chi connectivity index (χ0v) is 17.8. The van der Waals surface area contributed by atoms with E-state index < -0.39 is 6.04 Å². The summed E-state index contributed by atoms with van der Waals surface area (Å²) in [5, 5.41) is 9.24. The van der Waals surface area contributed by atoms with Gasteiger partial charge in [0.15, 0.2) is 5.69 Å². The van der Waals surface area contributed by atoms with E-state index in [1.54, 1.807) is 29.6 Å². The minimum atomic E-state index is -0.862. The molecule has 1 fully saturated rings. The first-order valence-corrected chi connectivity index (χ1v) is 11.1. The van der Waals surface area contributed by atoms with Crippen molar-refractivity contribution in [1.82, 2.24) is 14.9 Å². The van der Waals surface area contributed by atoms with Gasteiger partial charge in [-0.25, -0.2) is 0 Å². The smallest absolute Gasteiger partial charge is 0.280 e. The van der Waals surface area contributed by atoms with Gasteiger partial charge in [-0.2, -0.15) is 0 Å². The number of halogens is 1. The number of hydrogen-bond donors (Lipinski definition) is 1. The summed E-state index contributed by atoms with van der Waals surface area (Å²) < 4.78 is 3.82. The number of nitrogens with one attached hydrogen (secondary N) is 1. The number of rotatable bonds is 6. The van der Waals surface area contributed by atoms with Crippen LogP contribution in [0.2, 0.25) is 5.02 Å². The molecule has 1 aromatic heterocycles. The number of benzene rings is 2. The number of carbonyl (C=O) groups is 2. The summed E-state index contributed by atoms with van der Waals surface area (Å²) >= 11 is 7.17. The van der Waals surface area contributed by atoms with Crippen molar-refractivity contribution in [2.75, 3.05) is 4.90 Å². The number of para-hydroxylation sites is 1. The lowest BCUT2D eigenvalue weighted by Crippen LogP contribution is -2.46. The van der Waals surface area contributed by atoms with E-state index >= 15 is 0 Å². The molecule has 154 valence electrons. The van der Waals surface area contributed by atoms with Gasteiger partial charge in [0, 0.05) is 22.1 Å². The molecule has 1 heterocycles. The first-order chi connectivity index (χ1) is 14.6. The highest BCUT2D eigenvalue weighted by atomic mass is 35.5. The lowest BCUT2D eigenvalue weighted by molar-refractivity contribution is -0.123. The Morgan fingerprint density at radius 2 is 1.77 bits per heavy atom. The molecule has 1 atom stereocenters. The second-order valence-corrected chi connectivity index (χ2v) is 8.29. The molecule has 3 aromatic rings. The first-order valence-electron chi connectivity index (χ1n) is 9.85. The highest BCUT2D eigenvalue weighted by molar-refractivity contribution is 7.03. The summed E-state index contributed by atoms with van der Waals surface area (Å²) in [6.45, 7) is 0. The lowest BCUT2D eigenvalue weighted by Gasteiger charge is -2.31. The van der Waals surface area contributed by atoms with Crippen LogP contribution in [0.25, 0.3) is 0 Å². The Bertz CT molecular complexity index is 990. The lowest BCUT2D eigenvalue weighted by atomic mass is 10.0. The van der Waals surface area contributed by atoms with Crippen LogP contribution in [0.4, 0.5) is 5.69 Å². The summed E-state index contributed by atoms with van der Waals surface area (Å²) in [5.74, 6) is -0.596. The molecule has 0 spiro atoms. The van der Waals surface area contributed by atoms with E-state index in [1.165, 1.54) is 4.90 Å². The summed E-state index contributed by atoms with van der Waals surface area (Å²) in [6.07, 6.45) is 4.10. The van der Waals surface area contributed by atoms with E-state index in [4.69, 9.17) is 11.6 Å². The Hall–Kier alpha value is -2.77. The van der Waals surface area contributed by atoms with Crippen molar-refractivity contribution in [2.45, 2.75) is 37.8 Å². The van der Waals surface area contributed by atoms with Crippen LogP contribution in [0.1, 0.15) is 47.8 Å². The third kappa shape index (κ3) is 4.52. The van der Waals surface area contributed by atoms with Gasteiger partial charge in [0.2, 0.25) is 5.91 Å². The fourth-order valence-corrected chi connectivity index (χ4v) is 4.32. The Kier molecular flexibility index (Phi) is 6.40. The molecule has 0 saturated heterocycles. The van der Waals surface area contributed by atoms with Crippen molar-refractivity contribution in [1.29, 1.82) is 0 Å². The molecule has 30 heavy (non-hydrogen) atoms. The van der Waals surface area contributed by atoms with E-state index in [0.717, 1.165) is 37.2 Å². The summed E-state index contributed by atoms with van der Waals surface area (Å²) in [5.41, 5.74) is 1.49. The number of aromatic nitrogens is 2. The van der Waals surface area contributed by atoms with Crippen molar-refractivity contribution in [3.05, 3.63) is 76.3 Å². The normalized spacial score (nSPS) is 15.0. The van der Waals surface area contributed by atoms with Crippen molar-refractivity contribution in [3.63, 3.8) is 0 Å². The Labute approximate surface area is 184 Å². The number of nitrogens with zero attached hydrogens (tertiary/aromatic N) is 3. The number of amides is 2. The van der Waals surface area contributed by atoms with Gasteiger partial charge in [-0.05, 0) is 54.2 Å². The molecule has 2 amide bonds. The average Bonchev–Trinajstić information content (AvgIpc) is 3.47. The molecule has 1 aliphatic carbocycles. The Balaban J connectivity index is 1.78. The molecule has 1 N–H and O–H groups in total. The molecule has 4 rings (SSSR count). The number of hydrogen-bond acceptors (Lipinski definition) is 5. The summed E-state index contributed by atoms with van der Waals surface area (Å²) in [4.78, 5) is 28.4. The number of anilines is 1. The molecule has 1 saturated carbocycles. The van der Waals surface area contributed by atoms with Crippen LogP contribution >= 0.6 is 23.1 Å². The minimum Gasteiger partial charge on any atom is -0.351 e. The van der Waals surface area contributed by atoms with Gasteiger partial charge in [-0.3, -0.25) is 14.5 Å². The van der Waals surface area contributed by atoms with Crippen LogP contribution in [0.3, 0.4) is 0 Å². The zero-order chi connectivity index (χ0) is 20.9. The molecule has 0 radical (unpaired) electrons. The maximum absolute atomic E-state index is 13.5. The highest BCUT2D eigenvalue weighted by Crippen LogP contribution is 2.31. The Morgan fingerprint density at radius 3 is 2.40 bits per heavy atom. The van der Waals surface area contributed by atoms with Crippen molar-refractivity contribution in [3.8, 4) is 0 Å². The van der Waals surface area contributed by atoms with Crippen LogP contribution in [0.5, 0.6) is 0 Å². The zero-order valence-electron chi connectivity index (χ0n) is 16.2. The van der Waals surface area contributed by atoms with E-state index in [1.807, 2.05) is 30.3 Å². The first kappa shape index (κ1) is 20.5. The maximum Gasteiger partial charge on any atom is 0.280 e. The molecule has 0 aliphatic heterocycles. The van der Waals surface area contributed by atoms with E-state index in [2.05, 4.69) is 14.9 Å². The van der Waals surface area contributed by atoms with E-state index in [9.17, 15) is 9.59 Å². The number of carbonyl (C=O) groups excluding carboxylic acids is 2. The SMILES string of the molecule is O=C(NC1CCCC1)C(c1ccc(Cl)cc1)N(C(=O)c1csnn1)c1ccccc1. The average molecular weight is 441 g/mol. The third-order valence-electron chi connectivity index (χ3n) is 5.23. The van der Waals surface area contributed by atoms with Crippen LogP contribution in [0, 0.1) is 0 Å². The topological polar surface area (TPSA) is 75.2 Å². The standard InChI is InChI=1S/C22H21ClN4O2S/c23-16-12-10-15(11-13-16)20(21(28)24-17-6-4-5-7-17)27(18-8-2-1-3-9-18)22(29)19-14-30-26-25-19/h1-3,8-14,17,20H,4-7H2,(H,24,28). The molecule has 0 bridgehead atoms. The molecule has 2 aromatic carbocycles. The van der Waals surface area contributed by atoms with Gasteiger partial charge in [-0.1, -0.05) is 59.3 Å². The molecular formula is C22H21ClN4O2S. The summed E-state index contributed by atoms with van der Waals surface area (Å²) in [6, 6.07) is 15.4. The van der Waals surface area contributed by atoms with Crippen LogP contribution in [-0.2, 0) is 4.79 Å². The van der Waals surface area contributed by atoms with Crippen molar-refractivity contribution in [2.24, 2.45) is 0 Å². The molecule has 6 nitrogen and oxygen atoms in total. The van der Waals surface area contributed by atoms with Crippen LogP contribution < -0.4 is 10.2 Å². The van der Waals surface area contributed by atoms with E-state index in [0.29, 0.717) is 16.3 Å². The molecule has 1 aliphatic rings. The van der Waals surface area contributed by atoms with Gasteiger partial charge >= 0.3 is 0 Å². The van der Waals surface area contributed by atoms with Crippen molar-refractivity contribution >= 4 is 40.6 Å². The van der Waals surface area contributed by atoms with Gasteiger partial charge in [-0.15, -0.1) is 5.10 Å². The fourth-order valence-electron chi connectivity index (χ4n) is 3.77. The Morgan fingerprint density at radius 1 is 1.07 bits per heavy atom. The highest BCUT2D eigenvalue weighted by Gasteiger charge is 2.35. The molecule has 1 unspecified atom stereocenters. The van der Waals surface area contributed by atoms with Crippen molar-refractivity contribution < 1.29 is 9.59 Å². The minimum absolute atomic E-state index is 0.126. The fraction of sp³-hybridized carbons (Fsp3) is 0.273. The molecular weight excluding hydrogens is 420 g/mol. The predicted molar refractivity (Wildman–Crippen MR) is 118 cm³/mol. The largest absolute Gasteiger partial charge is 0.351 e. The predicted octanol–water partition coefficient (Wildman–Crippen LogP) is 4.64.